The van der Waals surface area contributed by atoms with Gasteiger partial charge in [0.2, 0.25) is 0 Å². The maximum absolute atomic E-state index is 4.76. The van der Waals surface area contributed by atoms with Gasteiger partial charge in [0, 0.05) is 0 Å². The van der Waals surface area contributed by atoms with Gasteiger partial charge in [-0.1, -0.05) is 72.7 Å². The Bertz CT molecular complexity index is 65.1. The predicted molar refractivity (Wildman–Crippen MR) is 64.2 cm³/mol. The van der Waals surface area contributed by atoms with Crippen LogP contribution in [0.2, 0.25) is 0 Å². The third kappa shape index (κ3) is 58500. The monoisotopic (exact) mass is 248 g/mol. The molecule has 0 radical (unpaired) electrons. The van der Waals surface area contributed by atoms with E-state index in [4.69, 9.17) is 46.4 Å². The summed E-state index contributed by atoms with van der Waals surface area (Å²) in [6, 6.07) is 0. The summed E-state index contributed by atoms with van der Waals surface area (Å²) in [5, 5.41) is 0. The van der Waals surface area contributed by atoms with Gasteiger partial charge in [0.25, 0.3) is 0 Å². The van der Waals surface area contributed by atoms with E-state index in [-0.39, 0.29) is 0 Å². The van der Waals surface area contributed by atoms with Crippen LogP contribution < -0.4 is 0 Å². The molecule has 4 heteroatoms. The van der Waals surface area contributed by atoms with Crippen LogP contribution in [0.5, 0.6) is 0 Å². The van der Waals surface area contributed by atoms with Gasteiger partial charge in [0.15, 0.2) is 0 Å². The molecule has 0 bridgehead atoms. The van der Waals surface area contributed by atoms with Gasteiger partial charge in [0.05, 0.1) is 0 Å². The summed E-state index contributed by atoms with van der Waals surface area (Å²) in [6.07, 6.45) is 0. The van der Waals surface area contributed by atoms with Crippen molar-refractivity contribution in [3.63, 3.8) is 0 Å². The molecule has 0 aromatic rings. The molecule has 0 nitrogen and oxygen atoms in total. The maximum atomic E-state index is 4.76. The van der Waals surface area contributed by atoms with Crippen LogP contribution >= 0.6 is 46.4 Å². The maximum Gasteiger partial charge on any atom is -0.00296 e. The van der Waals surface area contributed by atoms with E-state index in [1.165, 1.54) is 22.1 Å². The average Bonchev–Trinajstić information content (AvgIpc) is 1.92. The number of hydrogen-bond donors (Lipinski definition) is 0. The van der Waals surface area contributed by atoms with Crippen molar-refractivity contribution >= 4 is 46.4 Å². The van der Waals surface area contributed by atoms with Crippen molar-refractivity contribution in [2.75, 3.05) is 0 Å². The van der Waals surface area contributed by atoms with E-state index in [2.05, 4.69) is 26.3 Å². The highest BCUT2D eigenvalue weighted by molar-refractivity contribution is 6.25. The molecular weight excluding hydrogens is 238 g/mol. The van der Waals surface area contributed by atoms with Crippen molar-refractivity contribution in [1.29, 1.82) is 0 Å². The molecule has 0 unspecified atom stereocenters. The van der Waals surface area contributed by atoms with E-state index in [1.807, 2.05) is 0 Å². The van der Waals surface area contributed by atoms with Crippen LogP contribution in [0.1, 0.15) is 0 Å². The van der Waals surface area contributed by atoms with Gasteiger partial charge in [-0.25, -0.2) is 0 Å². The molecule has 0 aromatic carbocycles. The first kappa shape index (κ1) is 22.7. The van der Waals surface area contributed by atoms with Crippen LogP contribution in [-0.4, -0.2) is 0 Å². The molecule has 0 saturated carbocycles. The molecule has 0 aliphatic rings. The van der Waals surface area contributed by atoms with Gasteiger partial charge in [-0.3, -0.25) is 0 Å². The summed E-state index contributed by atoms with van der Waals surface area (Å²) >= 11 is 19.0. The highest BCUT2D eigenvalue weighted by atomic mass is 35.5. The lowest BCUT2D eigenvalue weighted by Crippen LogP contribution is -0.926. The number of hydrogen-bond acceptors (Lipinski definition) is 0. The largest absolute Gasteiger partial charge is 0.0936 e. The van der Waals surface area contributed by atoms with Crippen LogP contribution in [0.15, 0.2) is 48.5 Å². The van der Waals surface area contributed by atoms with Crippen LogP contribution in [0.3, 0.4) is 0 Å². The SMILES string of the molecule is C=CCl.C=CCl.C=CCl.C=CCl. The molecule has 0 fully saturated rings. The summed E-state index contributed by atoms with van der Waals surface area (Å²) in [5.41, 5.74) is 4.89. The smallest absolute Gasteiger partial charge is 0.00296 e. The minimum absolute atomic E-state index is 1.22. The minimum Gasteiger partial charge on any atom is -0.0936 e. The molecule has 0 rings (SSSR count). The lowest BCUT2D eigenvalue weighted by Gasteiger charge is -1.27. The van der Waals surface area contributed by atoms with Crippen molar-refractivity contribution in [3.8, 4) is 0 Å². The molecule has 72 valence electrons. The summed E-state index contributed by atoms with van der Waals surface area (Å²) in [7, 11) is 0. The van der Waals surface area contributed by atoms with E-state index in [1.54, 1.807) is 0 Å². The van der Waals surface area contributed by atoms with Crippen molar-refractivity contribution in [1.82, 2.24) is 0 Å². The quantitative estimate of drug-likeness (QED) is 0.534. The molecule has 0 aromatic heterocycles. The summed E-state index contributed by atoms with van der Waals surface area (Å²) in [4.78, 5) is 0. The molecule has 0 heterocycles. The number of halogens is 4. The first-order chi connectivity index (χ1) is 5.66. The number of rotatable bonds is 0. The standard InChI is InChI=1S/4C2H3Cl/c4*1-2-3/h4*2H,1H2. The highest BCUT2D eigenvalue weighted by Crippen LogP contribution is 1.61. The van der Waals surface area contributed by atoms with Crippen molar-refractivity contribution in [3.05, 3.63) is 48.5 Å². The fourth-order valence-electron chi connectivity index (χ4n) is 0. The highest BCUT2D eigenvalue weighted by Gasteiger charge is 1.19. The van der Waals surface area contributed by atoms with Crippen LogP contribution in [0, 0.1) is 0 Å². The Balaban J connectivity index is -0.0000000356. The fraction of sp³-hybridized carbons (Fsp3) is 0. The molecule has 0 spiro atoms. The van der Waals surface area contributed by atoms with E-state index in [0.717, 1.165) is 0 Å². The molecule has 0 saturated heterocycles. The van der Waals surface area contributed by atoms with Crippen LogP contribution in [0.25, 0.3) is 0 Å². The lowest BCUT2D eigenvalue weighted by molar-refractivity contribution is 2.63. The van der Waals surface area contributed by atoms with Gasteiger partial charge in [-0.2, -0.15) is 0 Å². The van der Waals surface area contributed by atoms with Gasteiger partial charge < -0.3 is 0 Å². The Morgan fingerprint density at radius 1 is 0.500 bits per heavy atom. The normalized spacial score (nSPS) is 4.33. The fourth-order valence-corrected chi connectivity index (χ4v) is 0. The first-order valence-electron chi connectivity index (χ1n) is 2.51. The second-order valence-electron chi connectivity index (χ2n) is 0.617. The third-order valence-corrected chi connectivity index (χ3v) is 0. The van der Waals surface area contributed by atoms with Gasteiger partial charge in [0.1, 0.15) is 0 Å². The Morgan fingerprint density at radius 3 is 0.500 bits per heavy atom. The van der Waals surface area contributed by atoms with Crippen LogP contribution in [-0.2, 0) is 0 Å². The summed E-state index contributed by atoms with van der Waals surface area (Å²) in [5.74, 6) is 0. The third-order valence-electron chi connectivity index (χ3n) is 0. The van der Waals surface area contributed by atoms with Crippen molar-refractivity contribution in [2.24, 2.45) is 0 Å². The van der Waals surface area contributed by atoms with E-state index < -0.39 is 0 Å². The molecule has 0 aliphatic heterocycles. The average molecular weight is 250 g/mol. The zero-order chi connectivity index (χ0) is 10.8. The lowest BCUT2D eigenvalue weighted by atomic mass is 11.3. The van der Waals surface area contributed by atoms with Gasteiger partial charge in [-0.05, 0) is 22.1 Å². The molecule has 0 atom stereocenters. The van der Waals surface area contributed by atoms with Crippen molar-refractivity contribution in [2.45, 2.75) is 0 Å². The molecule has 0 amide bonds. The molecule has 0 N–H and O–H groups in total. The summed E-state index contributed by atoms with van der Waals surface area (Å²) < 4.78 is 0. The van der Waals surface area contributed by atoms with Crippen molar-refractivity contribution < 1.29 is 0 Å². The Kier molecular flexibility index (Phi) is 127. The van der Waals surface area contributed by atoms with Gasteiger partial charge in [-0.15, -0.1) is 0 Å². The zero-order valence-electron chi connectivity index (χ0n) is 6.65. The Morgan fingerprint density at radius 2 is 0.500 bits per heavy atom. The van der Waals surface area contributed by atoms with E-state index in [0.29, 0.717) is 0 Å². The Hall–Kier alpha value is 0.120. The Labute approximate surface area is 94.8 Å². The minimum atomic E-state index is 1.22. The predicted octanol–water partition coefficient (Wildman–Crippen LogP) is 5.47. The second-order valence-corrected chi connectivity index (χ2v) is 1.85. The van der Waals surface area contributed by atoms with E-state index in [9.17, 15) is 0 Å². The van der Waals surface area contributed by atoms with Gasteiger partial charge >= 0.3 is 0 Å². The molecular formula is C8H12Cl4. The molecule has 0 aliphatic carbocycles. The zero-order valence-corrected chi connectivity index (χ0v) is 9.67. The topological polar surface area (TPSA) is 0 Å². The van der Waals surface area contributed by atoms with Crippen LogP contribution in [0.4, 0.5) is 0 Å². The second kappa shape index (κ2) is 67.1. The first-order valence-corrected chi connectivity index (χ1v) is 4.25. The molecule has 12 heavy (non-hydrogen) atoms. The van der Waals surface area contributed by atoms with E-state index >= 15 is 0 Å². The summed E-state index contributed by atoms with van der Waals surface area (Å²) in [6.45, 7) is 12.5.